The number of rotatable bonds is 5. The van der Waals surface area contributed by atoms with Crippen LogP contribution in [0, 0.1) is 0 Å². The van der Waals surface area contributed by atoms with Gasteiger partial charge in [0.25, 0.3) is 5.78 Å². The Balaban J connectivity index is 2.57. The van der Waals surface area contributed by atoms with E-state index in [1.807, 2.05) is 19.0 Å². The lowest BCUT2D eigenvalue weighted by molar-refractivity contribution is -0.0888. The molecule has 0 saturated heterocycles. The van der Waals surface area contributed by atoms with Gasteiger partial charge in [-0.25, -0.2) is 0 Å². The first-order valence-corrected chi connectivity index (χ1v) is 4.97. The minimum Gasteiger partial charge on any atom is -0.309 e. The monoisotopic (exact) mass is 250 g/mol. The van der Waals surface area contributed by atoms with Gasteiger partial charge in [0.1, 0.15) is 0 Å². The standard InChI is InChI=1S/C9H13F3N4O/c1-15(2)4-3-5-16-6-7(13-14-16)8(17)9(10,11)12/h6H,3-5H2,1-2H3. The summed E-state index contributed by atoms with van der Waals surface area (Å²) in [7, 11) is 3.78. The molecule has 0 amide bonds. The SMILES string of the molecule is CN(C)CCCn1cc(C(=O)C(F)(F)F)nn1. The molecule has 0 saturated carbocycles. The maximum atomic E-state index is 12.1. The van der Waals surface area contributed by atoms with E-state index < -0.39 is 17.7 Å². The Hall–Kier alpha value is -1.44. The van der Waals surface area contributed by atoms with Crippen molar-refractivity contribution in [3.8, 4) is 0 Å². The van der Waals surface area contributed by atoms with Gasteiger partial charge in [-0.05, 0) is 27.1 Å². The second-order valence-electron chi connectivity index (χ2n) is 3.85. The van der Waals surface area contributed by atoms with E-state index in [4.69, 9.17) is 0 Å². The Kier molecular flexibility index (Phi) is 4.22. The van der Waals surface area contributed by atoms with Gasteiger partial charge < -0.3 is 4.90 Å². The van der Waals surface area contributed by atoms with Gasteiger partial charge in [-0.15, -0.1) is 5.10 Å². The Morgan fingerprint density at radius 3 is 2.65 bits per heavy atom. The molecular weight excluding hydrogens is 237 g/mol. The van der Waals surface area contributed by atoms with E-state index in [2.05, 4.69) is 10.3 Å². The van der Waals surface area contributed by atoms with E-state index in [1.165, 1.54) is 4.68 Å². The molecule has 0 aromatic carbocycles. The molecule has 1 aromatic heterocycles. The van der Waals surface area contributed by atoms with Crippen LogP contribution < -0.4 is 0 Å². The molecule has 0 aliphatic heterocycles. The van der Waals surface area contributed by atoms with Gasteiger partial charge in [0.15, 0.2) is 5.69 Å². The number of nitrogens with zero attached hydrogens (tertiary/aromatic N) is 4. The van der Waals surface area contributed by atoms with Crippen LogP contribution in [0.5, 0.6) is 0 Å². The Morgan fingerprint density at radius 2 is 2.12 bits per heavy atom. The molecule has 5 nitrogen and oxygen atoms in total. The third-order valence-electron chi connectivity index (χ3n) is 2.02. The molecule has 96 valence electrons. The van der Waals surface area contributed by atoms with Gasteiger partial charge in [-0.2, -0.15) is 13.2 Å². The lowest BCUT2D eigenvalue weighted by Crippen LogP contribution is -2.23. The average Bonchev–Trinajstić information content (AvgIpc) is 2.63. The number of hydrogen-bond acceptors (Lipinski definition) is 4. The number of carbonyl (C=O) groups excluding carboxylic acids is 1. The molecule has 1 heterocycles. The average molecular weight is 250 g/mol. The largest absolute Gasteiger partial charge is 0.456 e. The van der Waals surface area contributed by atoms with Crippen LogP contribution in [0.2, 0.25) is 0 Å². The van der Waals surface area contributed by atoms with Crippen LogP contribution in [-0.2, 0) is 6.54 Å². The first kappa shape index (κ1) is 13.6. The minimum absolute atomic E-state index is 0.427. The van der Waals surface area contributed by atoms with Crippen molar-refractivity contribution in [3.63, 3.8) is 0 Å². The summed E-state index contributed by atoms with van der Waals surface area (Å²) in [5.41, 5.74) is -0.664. The Morgan fingerprint density at radius 1 is 1.47 bits per heavy atom. The highest BCUT2D eigenvalue weighted by atomic mass is 19.4. The zero-order valence-electron chi connectivity index (χ0n) is 9.53. The van der Waals surface area contributed by atoms with Crippen LogP contribution >= 0.6 is 0 Å². The normalized spacial score (nSPS) is 12.1. The van der Waals surface area contributed by atoms with Crippen molar-refractivity contribution in [2.45, 2.75) is 19.1 Å². The summed E-state index contributed by atoms with van der Waals surface area (Å²) in [6.07, 6.45) is -3.16. The number of ketones is 1. The summed E-state index contributed by atoms with van der Waals surface area (Å²) >= 11 is 0. The van der Waals surface area contributed by atoms with Gasteiger partial charge in [-0.1, -0.05) is 5.21 Å². The molecule has 0 N–H and O–H groups in total. The zero-order chi connectivity index (χ0) is 13.1. The summed E-state index contributed by atoms with van der Waals surface area (Å²) in [6.45, 7) is 1.21. The van der Waals surface area contributed by atoms with Crippen molar-refractivity contribution in [2.24, 2.45) is 0 Å². The highest BCUT2D eigenvalue weighted by molar-refractivity contribution is 5.98. The van der Waals surface area contributed by atoms with E-state index in [9.17, 15) is 18.0 Å². The van der Waals surface area contributed by atoms with Gasteiger partial charge in [0.05, 0.1) is 6.20 Å². The van der Waals surface area contributed by atoms with Crippen LogP contribution in [0.25, 0.3) is 0 Å². The highest BCUT2D eigenvalue weighted by Gasteiger charge is 2.41. The first-order valence-electron chi connectivity index (χ1n) is 4.97. The Bertz CT molecular complexity index is 386. The predicted molar refractivity (Wildman–Crippen MR) is 53.6 cm³/mol. The fourth-order valence-corrected chi connectivity index (χ4v) is 1.21. The number of halogens is 3. The molecule has 0 aliphatic carbocycles. The lowest BCUT2D eigenvalue weighted by atomic mass is 10.3. The van der Waals surface area contributed by atoms with E-state index in [0.29, 0.717) is 6.54 Å². The predicted octanol–water partition coefficient (Wildman–Crippen LogP) is 0.975. The second kappa shape index (κ2) is 5.26. The fourth-order valence-electron chi connectivity index (χ4n) is 1.21. The quantitative estimate of drug-likeness (QED) is 0.731. The van der Waals surface area contributed by atoms with E-state index in [1.54, 1.807) is 0 Å². The van der Waals surface area contributed by atoms with Crippen molar-refractivity contribution >= 4 is 5.78 Å². The molecule has 0 bridgehead atoms. The van der Waals surface area contributed by atoms with Crippen LogP contribution in [0.1, 0.15) is 16.9 Å². The molecular formula is C9H13F3N4O. The second-order valence-corrected chi connectivity index (χ2v) is 3.85. The first-order chi connectivity index (χ1) is 7.80. The van der Waals surface area contributed by atoms with Gasteiger partial charge in [0.2, 0.25) is 0 Å². The topological polar surface area (TPSA) is 51.0 Å². The zero-order valence-corrected chi connectivity index (χ0v) is 9.53. The molecule has 0 atom stereocenters. The van der Waals surface area contributed by atoms with Crippen molar-refractivity contribution < 1.29 is 18.0 Å². The van der Waals surface area contributed by atoms with Crippen LogP contribution in [-0.4, -0.2) is 52.5 Å². The van der Waals surface area contributed by atoms with Crippen molar-refractivity contribution in [1.82, 2.24) is 19.9 Å². The lowest BCUT2D eigenvalue weighted by Gasteiger charge is -2.08. The Labute approximate surface area is 96.2 Å². The van der Waals surface area contributed by atoms with Crippen molar-refractivity contribution in [1.29, 1.82) is 0 Å². The van der Waals surface area contributed by atoms with E-state index in [0.717, 1.165) is 19.2 Å². The van der Waals surface area contributed by atoms with Crippen LogP contribution in [0.3, 0.4) is 0 Å². The number of carbonyl (C=O) groups is 1. The molecule has 1 rings (SSSR count). The molecule has 0 aliphatic rings. The minimum atomic E-state index is -4.90. The third kappa shape index (κ3) is 4.14. The van der Waals surface area contributed by atoms with Crippen LogP contribution in [0.4, 0.5) is 13.2 Å². The summed E-state index contributed by atoms with van der Waals surface area (Å²) in [6, 6.07) is 0. The fraction of sp³-hybridized carbons (Fsp3) is 0.667. The third-order valence-corrected chi connectivity index (χ3v) is 2.02. The molecule has 17 heavy (non-hydrogen) atoms. The number of aromatic nitrogens is 3. The molecule has 0 unspecified atom stereocenters. The molecule has 0 fully saturated rings. The number of hydrogen-bond donors (Lipinski definition) is 0. The summed E-state index contributed by atoms with van der Waals surface area (Å²) in [5, 5.41) is 6.69. The van der Waals surface area contributed by atoms with Gasteiger partial charge in [-0.3, -0.25) is 9.48 Å². The molecule has 0 spiro atoms. The highest BCUT2D eigenvalue weighted by Crippen LogP contribution is 2.19. The maximum Gasteiger partial charge on any atom is 0.456 e. The van der Waals surface area contributed by atoms with E-state index >= 15 is 0 Å². The number of alkyl halides is 3. The number of Topliss-reactive ketones (excluding diaryl/α,β-unsaturated/α-hetero) is 1. The van der Waals surface area contributed by atoms with Gasteiger partial charge >= 0.3 is 6.18 Å². The number of aryl methyl sites for hydroxylation is 1. The maximum absolute atomic E-state index is 12.1. The summed E-state index contributed by atoms with van der Waals surface area (Å²) in [4.78, 5) is 12.8. The smallest absolute Gasteiger partial charge is 0.309 e. The summed E-state index contributed by atoms with van der Waals surface area (Å²) in [5.74, 6) is -1.96. The molecule has 8 heteroatoms. The molecule has 0 radical (unpaired) electrons. The van der Waals surface area contributed by atoms with Crippen LogP contribution in [0.15, 0.2) is 6.20 Å². The van der Waals surface area contributed by atoms with Gasteiger partial charge in [0, 0.05) is 6.54 Å². The van der Waals surface area contributed by atoms with Crippen molar-refractivity contribution in [2.75, 3.05) is 20.6 Å². The van der Waals surface area contributed by atoms with E-state index in [-0.39, 0.29) is 0 Å². The summed E-state index contributed by atoms with van der Waals surface area (Å²) < 4.78 is 37.4. The molecule has 1 aromatic rings. The van der Waals surface area contributed by atoms with Crippen molar-refractivity contribution in [3.05, 3.63) is 11.9 Å².